The Bertz CT molecular complexity index is 764. The fraction of sp³-hybridized carbons (Fsp3) is 0.368. The maximum Gasteiger partial charge on any atom is 0.251 e. The Morgan fingerprint density at radius 1 is 1.27 bits per heavy atom. The number of carbonyl (C=O) groups excluding carboxylic acids is 1. The van der Waals surface area contributed by atoms with Gasteiger partial charge in [0, 0.05) is 41.5 Å². The average Bonchev–Trinajstić information content (AvgIpc) is 3.15. The van der Waals surface area contributed by atoms with E-state index in [1.54, 1.807) is 24.4 Å². The molecule has 0 spiro atoms. The summed E-state index contributed by atoms with van der Waals surface area (Å²) < 4.78 is 5.52. The number of benzene rings is 1. The van der Waals surface area contributed by atoms with E-state index in [0.29, 0.717) is 34.5 Å². The largest absolute Gasteiger partial charge is 0.376 e. The van der Waals surface area contributed by atoms with Crippen molar-refractivity contribution >= 4 is 34.9 Å². The van der Waals surface area contributed by atoms with Crippen molar-refractivity contribution in [2.75, 3.05) is 25.0 Å². The van der Waals surface area contributed by atoms with E-state index in [1.807, 2.05) is 12.1 Å². The van der Waals surface area contributed by atoms with Crippen LogP contribution < -0.4 is 10.6 Å². The molecule has 7 heteroatoms. The third-order valence-electron chi connectivity index (χ3n) is 4.25. The van der Waals surface area contributed by atoms with Crippen molar-refractivity contribution in [2.45, 2.75) is 25.4 Å². The van der Waals surface area contributed by atoms with Crippen LogP contribution in [0.25, 0.3) is 0 Å². The molecule has 0 radical (unpaired) electrons. The summed E-state index contributed by atoms with van der Waals surface area (Å²) in [6, 6.07) is 8.91. The van der Waals surface area contributed by atoms with Gasteiger partial charge in [-0.15, -0.1) is 0 Å². The monoisotopic (exact) mass is 393 g/mol. The van der Waals surface area contributed by atoms with E-state index in [2.05, 4.69) is 15.6 Å². The van der Waals surface area contributed by atoms with Gasteiger partial charge in [0.2, 0.25) is 0 Å². The Morgan fingerprint density at radius 3 is 2.92 bits per heavy atom. The van der Waals surface area contributed by atoms with Crippen LogP contribution in [-0.2, 0) is 11.2 Å². The molecule has 1 unspecified atom stereocenters. The highest BCUT2D eigenvalue weighted by Gasteiger charge is 2.16. The maximum atomic E-state index is 12.3. The minimum atomic E-state index is -0.119. The van der Waals surface area contributed by atoms with Gasteiger partial charge in [0.05, 0.1) is 6.10 Å². The number of halogens is 2. The summed E-state index contributed by atoms with van der Waals surface area (Å²) in [7, 11) is 0. The third kappa shape index (κ3) is 5.34. The second kappa shape index (κ2) is 9.21. The van der Waals surface area contributed by atoms with E-state index in [-0.39, 0.29) is 12.0 Å². The van der Waals surface area contributed by atoms with Crippen LogP contribution in [0.3, 0.4) is 0 Å². The molecular weight excluding hydrogens is 373 g/mol. The molecule has 1 aromatic heterocycles. The fourth-order valence-corrected chi connectivity index (χ4v) is 3.34. The van der Waals surface area contributed by atoms with Gasteiger partial charge in [-0.1, -0.05) is 29.3 Å². The van der Waals surface area contributed by atoms with Gasteiger partial charge in [0.1, 0.15) is 5.82 Å². The number of anilines is 1. The zero-order valence-electron chi connectivity index (χ0n) is 14.3. The van der Waals surface area contributed by atoms with Crippen LogP contribution in [0, 0.1) is 0 Å². The number of nitrogens with zero attached hydrogens (tertiary/aromatic N) is 1. The fourth-order valence-electron chi connectivity index (χ4n) is 2.83. The Labute approximate surface area is 163 Å². The molecule has 5 nitrogen and oxygen atoms in total. The standard InChI is InChI=1S/C19H21Cl2N3O2/c20-15-4-3-13(17(21)11-15)5-7-22-18-10-14(6-8-23-18)19(25)24-12-16-2-1-9-26-16/h3-4,6,8,10-11,16H,1-2,5,7,9,12H2,(H,22,23)(H,24,25). The predicted octanol–water partition coefficient (Wildman–Crippen LogP) is 3.95. The van der Waals surface area contributed by atoms with E-state index in [9.17, 15) is 4.79 Å². The van der Waals surface area contributed by atoms with Gasteiger partial charge >= 0.3 is 0 Å². The molecule has 3 rings (SSSR count). The Balaban J connectivity index is 1.50. The molecule has 2 aromatic rings. The van der Waals surface area contributed by atoms with Gasteiger partial charge in [-0.25, -0.2) is 4.98 Å². The van der Waals surface area contributed by atoms with Crippen molar-refractivity contribution in [3.05, 3.63) is 57.7 Å². The zero-order valence-corrected chi connectivity index (χ0v) is 15.8. The summed E-state index contributed by atoms with van der Waals surface area (Å²) in [4.78, 5) is 16.5. The van der Waals surface area contributed by atoms with Crippen LogP contribution in [0.15, 0.2) is 36.5 Å². The lowest BCUT2D eigenvalue weighted by atomic mass is 10.1. The molecule has 0 bridgehead atoms. The Hall–Kier alpha value is -1.82. The number of ether oxygens (including phenoxy) is 1. The van der Waals surface area contributed by atoms with E-state index in [1.165, 1.54) is 0 Å². The van der Waals surface area contributed by atoms with Crippen LogP contribution in [0.5, 0.6) is 0 Å². The van der Waals surface area contributed by atoms with Gasteiger partial charge in [0.25, 0.3) is 5.91 Å². The predicted molar refractivity (Wildman–Crippen MR) is 104 cm³/mol. The lowest BCUT2D eigenvalue weighted by Gasteiger charge is -2.12. The van der Waals surface area contributed by atoms with Crippen molar-refractivity contribution in [3.63, 3.8) is 0 Å². The number of pyridine rings is 1. The van der Waals surface area contributed by atoms with E-state index in [4.69, 9.17) is 27.9 Å². The van der Waals surface area contributed by atoms with Crippen LogP contribution in [0.1, 0.15) is 28.8 Å². The lowest BCUT2D eigenvalue weighted by Crippen LogP contribution is -2.31. The summed E-state index contributed by atoms with van der Waals surface area (Å²) in [5.74, 6) is 0.534. The molecule has 1 atom stereocenters. The normalized spacial score (nSPS) is 16.5. The highest BCUT2D eigenvalue weighted by atomic mass is 35.5. The number of aromatic nitrogens is 1. The molecule has 138 valence electrons. The van der Waals surface area contributed by atoms with Crippen molar-refractivity contribution < 1.29 is 9.53 Å². The second-order valence-electron chi connectivity index (χ2n) is 6.19. The maximum absolute atomic E-state index is 12.3. The van der Waals surface area contributed by atoms with Gasteiger partial charge in [-0.05, 0) is 49.1 Å². The molecule has 2 N–H and O–H groups in total. The highest BCUT2D eigenvalue weighted by molar-refractivity contribution is 6.35. The van der Waals surface area contributed by atoms with Gasteiger partial charge in [0.15, 0.2) is 0 Å². The highest BCUT2D eigenvalue weighted by Crippen LogP contribution is 2.21. The van der Waals surface area contributed by atoms with Crippen molar-refractivity contribution in [2.24, 2.45) is 0 Å². The van der Waals surface area contributed by atoms with E-state index < -0.39 is 0 Å². The number of carbonyl (C=O) groups is 1. The van der Waals surface area contributed by atoms with Crippen LogP contribution in [0.2, 0.25) is 10.0 Å². The summed E-state index contributed by atoms with van der Waals surface area (Å²) in [6.07, 6.45) is 4.53. The number of hydrogen-bond donors (Lipinski definition) is 2. The topological polar surface area (TPSA) is 63.2 Å². The minimum absolute atomic E-state index is 0.119. The SMILES string of the molecule is O=C(NCC1CCCO1)c1ccnc(NCCc2ccc(Cl)cc2Cl)c1. The summed E-state index contributed by atoms with van der Waals surface area (Å²) in [5, 5.41) is 7.40. The molecule has 1 aliphatic heterocycles. The first-order chi connectivity index (χ1) is 12.6. The molecule has 1 amide bonds. The Morgan fingerprint density at radius 2 is 2.15 bits per heavy atom. The quantitative estimate of drug-likeness (QED) is 0.747. The molecule has 26 heavy (non-hydrogen) atoms. The Kier molecular flexibility index (Phi) is 6.72. The lowest BCUT2D eigenvalue weighted by molar-refractivity contribution is 0.0857. The first-order valence-corrected chi connectivity index (χ1v) is 9.41. The molecule has 2 heterocycles. The number of rotatable bonds is 7. The molecule has 1 aromatic carbocycles. The van der Waals surface area contributed by atoms with E-state index in [0.717, 1.165) is 31.4 Å². The number of nitrogens with one attached hydrogen (secondary N) is 2. The second-order valence-corrected chi connectivity index (χ2v) is 7.03. The van der Waals surface area contributed by atoms with E-state index >= 15 is 0 Å². The molecule has 1 aliphatic rings. The van der Waals surface area contributed by atoms with Crippen molar-refractivity contribution in [1.82, 2.24) is 10.3 Å². The molecule has 1 fully saturated rings. The third-order valence-corrected chi connectivity index (χ3v) is 4.84. The smallest absolute Gasteiger partial charge is 0.251 e. The molecular formula is C19H21Cl2N3O2. The number of amides is 1. The van der Waals surface area contributed by atoms with Crippen molar-refractivity contribution in [1.29, 1.82) is 0 Å². The van der Waals surface area contributed by atoms with Crippen LogP contribution in [0.4, 0.5) is 5.82 Å². The van der Waals surface area contributed by atoms with Crippen LogP contribution in [-0.4, -0.2) is 36.7 Å². The summed E-state index contributed by atoms with van der Waals surface area (Å²) in [5.41, 5.74) is 1.58. The van der Waals surface area contributed by atoms with Gasteiger partial charge in [-0.2, -0.15) is 0 Å². The molecule has 0 aliphatic carbocycles. The first kappa shape index (κ1) is 19.0. The average molecular weight is 394 g/mol. The molecule has 1 saturated heterocycles. The zero-order chi connectivity index (χ0) is 18.4. The van der Waals surface area contributed by atoms with Crippen molar-refractivity contribution in [3.8, 4) is 0 Å². The molecule has 0 saturated carbocycles. The first-order valence-electron chi connectivity index (χ1n) is 8.65. The summed E-state index contributed by atoms with van der Waals surface area (Å²) in [6.45, 7) is 1.97. The summed E-state index contributed by atoms with van der Waals surface area (Å²) >= 11 is 12.1. The van der Waals surface area contributed by atoms with Crippen LogP contribution >= 0.6 is 23.2 Å². The number of hydrogen-bond acceptors (Lipinski definition) is 4. The van der Waals surface area contributed by atoms with Gasteiger partial charge < -0.3 is 15.4 Å². The minimum Gasteiger partial charge on any atom is -0.376 e. The van der Waals surface area contributed by atoms with Gasteiger partial charge in [-0.3, -0.25) is 4.79 Å².